The molecule has 1 aliphatic heterocycles. The van der Waals surface area contributed by atoms with Crippen LogP contribution in [0.4, 0.5) is 5.95 Å². The predicted molar refractivity (Wildman–Crippen MR) is 70.1 cm³/mol. The van der Waals surface area contributed by atoms with E-state index in [1.54, 1.807) is 12.4 Å². The Morgan fingerprint density at radius 3 is 2.94 bits per heavy atom. The van der Waals surface area contributed by atoms with Gasteiger partial charge in [-0.15, -0.1) is 0 Å². The third-order valence-electron chi connectivity index (χ3n) is 2.40. The van der Waals surface area contributed by atoms with E-state index in [0.29, 0.717) is 25.6 Å². The molecule has 0 aliphatic carbocycles. The van der Waals surface area contributed by atoms with Crippen molar-refractivity contribution >= 4 is 34.4 Å². The average molecular weight is 349 g/mol. The first-order valence-electron chi connectivity index (χ1n) is 5.02. The third kappa shape index (κ3) is 2.94. The molecule has 17 heavy (non-hydrogen) atoms. The quantitative estimate of drug-likeness (QED) is 0.257. The molecule has 0 amide bonds. The molecule has 7 nitrogen and oxygen atoms in total. The molecule has 1 atom stereocenters. The van der Waals surface area contributed by atoms with E-state index in [1.807, 2.05) is 4.90 Å². The van der Waals surface area contributed by atoms with Crippen LogP contribution in [-0.2, 0) is 4.74 Å². The topological polar surface area (TPSA) is 96.9 Å². The molecule has 1 aromatic heterocycles. The summed E-state index contributed by atoms with van der Waals surface area (Å²) in [4.78, 5) is 10.4. The normalized spacial score (nSPS) is 21.6. The summed E-state index contributed by atoms with van der Waals surface area (Å²) in [6.07, 6.45) is 3.07. The zero-order chi connectivity index (χ0) is 12.3. The number of hydrogen-bond donors (Lipinski definition) is 2. The van der Waals surface area contributed by atoms with E-state index in [9.17, 15) is 0 Å². The molecule has 92 valence electrons. The molecule has 1 aliphatic rings. The largest absolute Gasteiger partial charge is 0.409 e. The van der Waals surface area contributed by atoms with E-state index >= 15 is 0 Å². The number of rotatable bonds is 2. The van der Waals surface area contributed by atoms with Gasteiger partial charge < -0.3 is 20.6 Å². The van der Waals surface area contributed by atoms with E-state index in [-0.39, 0.29) is 5.84 Å². The molecular formula is C9H12IN5O2. The summed E-state index contributed by atoms with van der Waals surface area (Å²) < 4.78 is 6.37. The van der Waals surface area contributed by atoms with Gasteiger partial charge in [0.25, 0.3) is 0 Å². The average Bonchev–Trinajstić information content (AvgIpc) is 2.39. The molecule has 1 aromatic rings. The number of halogens is 1. The lowest BCUT2D eigenvalue weighted by molar-refractivity contribution is 0.0800. The van der Waals surface area contributed by atoms with Crippen LogP contribution in [0.2, 0.25) is 0 Å². The van der Waals surface area contributed by atoms with Crippen LogP contribution in [0, 0.1) is 3.57 Å². The lowest BCUT2D eigenvalue weighted by Gasteiger charge is -2.32. The van der Waals surface area contributed by atoms with Gasteiger partial charge in [0, 0.05) is 22.5 Å². The van der Waals surface area contributed by atoms with Crippen LogP contribution in [0.1, 0.15) is 0 Å². The molecule has 1 fully saturated rings. The van der Waals surface area contributed by atoms with E-state index in [0.717, 1.165) is 3.57 Å². The zero-order valence-electron chi connectivity index (χ0n) is 8.95. The molecule has 8 heteroatoms. The van der Waals surface area contributed by atoms with Gasteiger partial charge >= 0.3 is 0 Å². The SMILES string of the molecule is NC(=NO)C1CN(c2ncc(I)cn2)CCO1. The second-order valence-corrected chi connectivity index (χ2v) is 4.78. The van der Waals surface area contributed by atoms with E-state index in [4.69, 9.17) is 15.7 Å². The van der Waals surface area contributed by atoms with Gasteiger partial charge in [0.05, 0.1) is 13.2 Å². The Hall–Kier alpha value is -1.16. The molecule has 3 N–H and O–H groups in total. The number of ether oxygens (including phenoxy) is 1. The highest BCUT2D eigenvalue weighted by Crippen LogP contribution is 2.13. The first kappa shape index (κ1) is 12.3. The number of aromatic nitrogens is 2. The summed E-state index contributed by atoms with van der Waals surface area (Å²) in [6, 6.07) is 0. The van der Waals surface area contributed by atoms with Gasteiger partial charge in [0.2, 0.25) is 5.95 Å². The molecule has 1 saturated heterocycles. The fourth-order valence-electron chi connectivity index (χ4n) is 1.54. The summed E-state index contributed by atoms with van der Waals surface area (Å²) in [6.45, 7) is 1.67. The van der Waals surface area contributed by atoms with E-state index < -0.39 is 6.10 Å². The minimum absolute atomic E-state index is 0.0696. The third-order valence-corrected chi connectivity index (χ3v) is 2.96. The molecule has 0 saturated carbocycles. The van der Waals surface area contributed by atoms with Crippen molar-refractivity contribution in [1.29, 1.82) is 0 Å². The highest BCUT2D eigenvalue weighted by atomic mass is 127. The Balaban J connectivity index is 2.09. The van der Waals surface area contributed by atoms with Crippen LogP contribution in [0.25, 0.3) is 0 Å². The number of hydrogen-bond acceptors (Lipinski definition) is 6. The lowest BCUT2D eigenvalue weighted by atomic mass is 10.2. The smallest absolute Gasteiger partial charge is 0.225 e. The number of nitrogens with two attached hydrogens (primary N) is 1. The monoisotopic (exact) mass is 349 g/mol. The van der Waals surface area contributed by atoms with Crippen molar-refractivity contribution in [3.63, 3.8) is 0 Å². The summed E-state index contributed by atoms with van der Waals surface area (Å²) in [5, 5.41) is 11.6. The Morgan fingerprint density at radius 1 is 1.59 bits per heavy atom. The minimum Gasteiger partial charge on any atom is -0.409 e. The maximum absolute atomic E-state index is 8.61. The van der Waals surface area contributed by atoms with Crippen LogP contribution in [0.5, 0.6) is 0 Å². The second-order valence-electron chi connectivity index (χ2n) is 3.53. The Labute approximate surface area is 112 Å². The van der Waals surface area contributed by atoms with Crippen molar-refractivity contribution in [2.45, 2.75) is 6.10 Å². The van der Waals surface area contributed by atoms with Crippen molar-refractivity contribution in [2.24, 2.45) is 10.9 Å². The van der Waals surface area contributed by atoms with Crippen molar-refractivity contribution in [2.75, 3.05) is 24.6 Å². The van der Waals surface area contributed by atoms with Crippen LogP contribution in [-0.4, -0.2) is 46.8 Å². The van der Waals surface area contributed by atoms with E-state index in [1.165, 1.54) is 0 Å². The first-order valence-corrected chi connectivity index (χ1v) is 6.10. The molecule has 0 radical (unpaired) electrons. The van der Waals surface area contributed by atoms with Crippen LogP contribution >= 0.6 is 22.6 Å². The number of morpholine rings is 1. The highest BCUT2D eigenvalue weighted by Gasteiger charge is 2.25. The lowest BCUT2D eigenvalue weighted by Crippen LogP contribution is -2.49. The maximum Gasteiger partial charge on any atom is 0.225 e. The van der Waals surface area contributed by atoms with Crippen molar-refractivity contribution < 1.29 is 9.94 Å². The molecular weight excluding hydrogens is 337 g/mol. The number of oxime groups is 1. The summed E-state index contributed by atoms with van der Waals surface area (Å²) in [5.74, 6) is 0.699. The Morgan fingerprint density at radius 2 is 2.29 bits per heavy atom. The fraction of sp³-hybridized carbons (Fsp3) is 0.444. The number of amidine groups is 1. The van der Waals surface area contributed by atoms with Gasteiger partial charge in [-0.3, -0.25) is 0 Å². The summed E-state index contributed by atoms with van der Waals surface area (Å²) in [5.41, 5.74) is 5.52. The summed E-state index contributed by atoms with van der Waals surface area (Å²) >= 11 is 2.15. The van der Waals surface area contributed by atoms with Crippen LogP contribution in [0.15, 0.2) is 17.5 Å². The van der Waals surface area contributed by atoms with E-state index in [2.05, 4.69) is 37.7 Å². The predicted octanol–water partition coefficient (Wildman–Crippen LogP) is 0.0328. The van der Waals surface area contributed by atoms with Gasteiger partial charge in [-0.25, -0.2) is 9.97 Å². The molecule has 2 heterocycles. The highest BCUT2D eigenvalue weighted by molar-refractivity contribution is 14.1. The standard InChI is InChI=1S/C9H12IN5O2/c10-6-3-12-9(13-4-6)15-1-2-17-7(5-15)8(11)14-16/h3-4,7,16H,1-2,5H2,(H2,11,14). The number of anilines is 1. The Kier molecular flexibility index (Phi) is 3.94. The zero-order valence-corrected chi connectivity index (χ0v) is 11.1. The van der Waals surface area contributed by atoms with Gasteiger partial charge in [-0.05, 0) is 22.6 Å². The van der Waals surface area contributed by atoms with Gasteiger partial charge in [0.15, 0.2) is 5.84 Å². The van der Waals surface area contributed by atoms with Crippen LogP contribution in [0.3, 0.4) is 0 Å². The van der Waals surface area contributed by atoms with Gasteiger partial charge in [0.1, 0.15) is 6.10 Å². The fourth-order valence-corrected chi connectivity index (χ4v) is 1.82. The van der Waals surface area contributed by atoms with Gasteiger partial charge in [-0.2, -0.15) is 0 Å². The summed E-state index contributed by atoms with van der Waals surface area (Å²) in [7, 11) is 0. The number of nitrogens with zero attached hydrogens (tertiary/aromatic N) is 4. The van der Waals surface area contributed by atoms with Gasteiger partial charge in [-0.1, -0.05) is 5.16 Å². The van der Waals surface area contributed by atoms with Crippen molar-refractivity contribution in [1.82, 2.24) is 9.97 Å². The molecule has 1 unspecified atom stereocenters. The Bertz CT molecular complexity index is 410. The molecule has 2 rings (SSSR count). The first-order chi connectivity index (χ1) is 8.20. The minimum atomic E-state index is -0.420. The van der Waals surface area contributed by atoms with Crippen LogP contribution < -0.4 is 10.6 Å². The molecule has 0 spiro atoms. The molecule has 0 bridgehead atoms. The van der Waals surface area contributed by atoms with Crippen molar-refractivity contribution in [3.8, 4) is 0 Å². The maximum atomic E-state index is 8.61. The molecule has 0 aromatic carbocycles. The second kappa shape index (κ2) is 5.45. The van der Waals surface area contributed by atoms with Crippen molar-refractivity contribution in [3.05, 3.63) is 16.0 Å².